The zero-order valence-electron chi connectivity index (χ0n) is 8.97. The first-order valence-electron chi connectivity index (χ1n) is 4.50. The highest BCUT2D eigenvalue weighted by Crippen LogP contribution is 2.06. The molecule has 0 aromatic carbocycles. The van der Waals surface area contributed by atoms with Crippen molar-refractivity contribution in [2.75, 3.05) is 27.3 Å². The summed E-state index contributed by atoms with van der Waals surface area (Å²) >= 11 is 0. The normalized spacial score (nSPS) is 10.1. The molecule has 0 aliphatic carbocycles. The van der Waals surface area contributed by atoms with Gasteiger partial charge in [-0.05, 0) is 0 Å². The van der Waals surface area contributed by atoms with Crippen LogP contribution in [0.2, 0.25) is 0 Å². The lowest BCUT2D eigenvalue weighted by Gasteiger charge is -2.14. The zero-order chi connectivity index (χ0) is 12.1. The number of carbonyl (C=O) groups is 2. The van der Waals surface area contributed by atoms with Gasteiger partial charge in [-0.3, -0.25) is 4.79 Å². The van der Waals surface area contributed by atoms with Gasteiger partial charge in [0.05, 0.1) is 6.61 Å². The number of aromatic nitrogens is 1. The van der Waals surface area contributed by atoms with Gasteiger partial charge in [-0.25, -0.2) is 4.79 Å². The van der Waals surface area contributed by atoms with Crippen molar-refractivity contribution in [3.8, 4) is 0 Å². The largest absolute Gasteiger partial charge is 0.475 e. The molecule has 0 bridgehead atoms. The molecule has 7 heteroatoms. The molecule has 88 valence electrons. The number of hydrogen-bond acceptors (Lipinski definition) is 5. The highest BCUT2D eigenvalue weighted by molar-refractivity contribution is 5.94. The van der Waals surface area contributed by atoms with Gasteiger partial charge in [0.2, 0.25) is 5.76 Å². The van der Waals surface area contributed by atoms with Crippen LogP contribution in [-0.4, -0.2) is 54.3 Å². The van der Waals surface area contributed by atoms with Crippen LogP contribution in [0.25, 0.3) is 0 Å². The van der Waals surface area contributed by atoms with Gasteiger partial charge in [0, 0.05) is 26.8 Å². The molecule has 1 heterocycles. The van der Waals surface area contributed by atoms with Crippen LogP contribution in [0.1, 0.15) is 21.0 Å². The van der Waals surface area contributed by atoms with Gasteiger partial charge in [0.1, 0.15) is 0 Å². The maximum atomic E-state index is 11.6. The first-order chi connectivity index (χ1) is 7.56. The molecule has 0 unspecified atom stereocenters. The van der Waals surface area contributed by atoms with Crippen molar-refractivity contribution in [2.45, 2.75) is 0 Å². The van der Waals surface area contributed by atoms with Gasteiger partial charge >= 0.3 is 5.97 Å². The summed E-state index contributed by atoms with van der Waals surface area (Å²) in [7, 11) is 3.09. The molecule has 16 heavy (non-hydrogen) atoms. The number of amides is 1. The molecule has 0 spiro atoms. The third-order valence-electron chi connectivity index (χ3n) is 1.92. The second-order valence-corrected chi connectivity index (χ2v) is 3.10. The minimum Gasteiger partial charge on any atom is -0.475 e. The quantitative estimate of drug-likeness (QED) is 0.767. The molecule has 0 aliphatic rings. The molecule has 0 fully saturated rings. The lowest BCUT2D eigenvalue weighted by Crippen LogP contribution is -2.30. The number of methoxy groups -OCH3 is 1. The average Bonchev–Trinajstić information content (AvgIpc) is 2.74. The van der Waals surface area contributed by atoms with E-state index in [9.17, 15) is 9.59 Å². The minimum atomic E-state index is -1.26. The van der Waals surface area contributed by atoms with E-state index in [1.54, 1.807) is 7.05 Å². The van der Waals surface area contributed by atoms with Crippen LogP contribution < -0.4 is 0 Å². The summed E-state index contributed by atoms with van der Waals surface area (Å²) < 4.78 is 9.28. The lowest BCUT2D eigenvalue weighted by atomic mass is 10.3. The van der Waals surface area contributed by atoms with Crippen LogP contribution in [0.3, 0.4) is 0 Å². The molecule has 1 amide bonds. The number of hydrogen-bond donors (Lipinski definition) is 1. The SMILES string of the molecule is COCCN(C)C(=O)c1cc(C(=O)O)on1. The number of carboxylic acids is 1. The number of carbonyl (C=O) groups excluding carboxylic acids is 1. The Morgan fingerprint density at radius 2 is 2.31 bits per heavy atom. The Kier molecular flexibility index (Phi) is 4.01. The average molecular weight is 228 g/mol. The summed E-state index contributed by atoms with van der Waals surface area (Å²) in [4.78, 5) is 23.5. The van der Waals surface area contributed by atoms with Crippen molar-refractivity contribution in [1.29, 1.82) is 0 Å². The van der Waals surface area contributed by atoms with Gasteiger partial charge in [0.25, 0.3) is 5.91 Å². The Balaban J connectivity index is 2.68. The van der Waals surface area contributed by atoms with Crippen molar-refractivity contribution in [2.24, 2.45) is 0 Å². The fourth-order valence-electron chi connectivity index (χ4n) is 1.00. The van der Waals surface area contributed by atoms with Gasteiger partial charge in [-0.1, -0.05) is 5.16 Å². The standard InChI is InChI=1S/C9H12N2O5/c1-11(3-4-15-2)8(12)6-5-7(9(13)14)16-10-6/h5H,3-4H2,1-2H3,(H,13,14). The number of nitrogens with zero attached hydrogens (tertiary/aromatic N) is 2. The van der Waals surface area contributed by atoms with Gasteiger partial charge in [-0.15, -0.1) is 0 Å². The molecule has 0 aliphatic heterocycles. The topological polar surface area (TPSA) is 92.9 Å². The summed E-state index contributed by atoms with van der Waals surface area (Å²) in [5.41, 5.74) is -0.0315. The Morgan fingerprint density at radius 1 is 1.62 bits per heavy atom. The highest BCUT2D eigenvalue weighted by atomic mass is 16.5. The second kappa shape index (κ2) is 5.26. The molecular formula is C9H12N2O5. The Hall–Kier alpha value is -1.89. The summed E-state index contributed by atoms with van der Waals surface area (Å²) in [6.45, 7) is 0.788. The van der Waals surface area contributed by atoms with Gasteiger partial charge in [-0.2, -0.15) is 0 Å². The van der Waals surface area contributed by atoms with Crippen LogP contribution in [-0.2, 0) is 4.74 Å². The van der Waals surface area contributed by atoms with E-state index < -0.39 is 11.9 Å². The van der Waals surface area contributed by atoms with E-state index in [0.717, 1.165) is 6.07 Å². The van der Waals surface area contributed by atoms with Crippen LogP contribution in [0.4, 0.5) is 0 Å². The number of rotatable bonds is 5. The molecule has 0 saturated carbocycles. The summed E-state index contributed by atoms with van der Waals surface area (Å²) in [6, 6.07) is 1.09. The first-order valence-corrected chi connectivity index (χ1v) is 4.50. The van der Waals surface area contributed by atoms with Crippen molar-refractivity contribution >= 4 is 11.9 Å². The molecule has 1 aromatic heterocycles. The smallest absolute Gasteiger partial charge is 0.374 e. The molecule has 7 nitrogen and oxygen atoms in total. The number of carboxylic acid groups (broad SMARTS) is 1. The Labute approximate surface area is 91.6 Å². The predicted octanol–water partition coefficient (Wildman–Crippen LogP) is 0.0912. The highest BCUT2D eigenvalue weighted by Gasteiger charge is 2.19. The molecule has 0 radical (unpaired) electrons. The van der Waals surface area contributed by atoms with E-state index in [1.165, 1.54) is 12.0 Å². The lowest BCUT2D eigenvalue weighted by molar-refractivity contribution is 0.0648. The first kappa shape index (κ1) is 12.2. The molecule has 0 saturated heterocycles. The third-order valence-corrected chi connectivity index (χ3v) is 1.92. The zero-order valence-corrected chi connectivity index (χ0v) is 8.97. The third kappa shape index (κ3) is 2.80. The monoisotopic (exact) mass is 228 g/mol. The fourth-order valence-corrected chi connectivity index (χ4v) is 1.00. The van der Waals surface area contributed by atoms with E-state index in [0.29, 0.717) is 13.2 Å². The van der Waals surface area contributed by atoms with Crippen LogP contribution in [0.5, 0.6) is 0 Å². The van der Waals surface area contributed by atoms with E-state index in [-0.39, 0.29) is 11.5 Å². The molecule has 0 atom stereocenters. The van der Waals surface area contributed by atoms with Crippen molar-refractivity contribution < 1.29 is 24.0 Å². The van der Waals surface area contributed by atoms with E-state index >= 15 is 0 Å². The molecular weight excluding hydrogens is 216 g/mol. The summed E-state index contributed by atoms with van der Waals surface area (Å²) in [6.07, 6.45) is 0. The van der Waals surface area contributed by atoms with E-state index in [2.05, 4.69) is 9.68 Å². The fraction of sp³-hybridized carbons (Fsp3) is 0.444. The van der Waals surface area contributed by atoms with Crippen LogP contribution in [0.15, 0.2) is 10.6 Å². The predicted molar refractivity (Wildman–Crippen MR) is 52.3 cm³/mol. The summed E-state index contributed by atoms with van der Waals surface area (Å²) in [5, 5.41) is 12.0. The van der Waals surface area contributed by atoms with Crippen LogP contribution in [0, 0.1) is 0 Å². The van der Waals surface area contributed by atoms with E-state index in [1.807, 2.05) is 0 Å². The maximum Gasteiger partial charge on any atom is 0.374 e. The Morgan fingerprint density at radius 3 is 2.81 bits per heavy atom. The second-order valence-electron chi connectivity index (χ2n) is 3.10. The van der Waals surface area contributed by atoms with Crippen molar-refractivity contribution in [3.05, 3.63) is 17.5 Å². The Bertz CT molecular complexity index is 387. The van der Waals surface area contributed by atoms with Gasteiger partial charge in [0.15, 0.2) is 5.69 Å². The van der Waals surface area contributed by atoms with E-state index in [4.69, 9.17) is 9.84 Å². The number of ether oxygens (including phenoxy) is 1. The molecule has 1 aromatic rings. The minimum absolute atomic E-state index is 0.0315. The maximum absolute atomic E-state index is 11.6. The number of likely N-dealkylation sites (N-methyl/N-ethyl adjacent to an activating group) is 1. The summed E-state index contributed by atoms with van der Waals surface area (Å²) in [5.74, 6) is -2.03. The molecule has 1 rings (SSSR count). The van der Waals surface area contributed by atoms with Gasteiger partial charge < -0.3 is 19.3 Å². The number of aromatic carboxylic acids is 1. The van der Waals surface area contributed by atoms with Crippen molar-refractivity contribution in [3.63, 3.8) is 0 Å². The van der Waals surface area contributed by atoms with Crippen LogP contribution >= 0.6 is 0 Å². The molecule has 1 N–H and O–H groups in total. The van der Waals surface area contributed by atoms with Crippen molar-refractivity contribution in [1.82, 2.24) is 10.1 Å².